The summed E-state index contributed by atoms with van der Waals surface area (Å²) in [6.45, 7) is 1.92. The molecular weight excluding hydrogens is 425 g/mol. The molecule has 8 heteroatoms. The molecule has 0 spiro atoms. The van der Waals surface area contributed by atoms with Gasteiger partial charge in [0.05, 0.1) is 28.9 Å². The molecule has 0 aliphatic heterocycles. The number of benzene rings is 2. The van der Waals surface area contributed by atoms with Gasteiger partial charge in [0.15, 0.2) is 0 Å². The molecule has 0 aliphatic rings. The molecule has 30 heavy (non-hydrogen) atoms. The van der Waals surface area contributed by atoms with Crippen LogP contribution >= 0.6 is 23.2 Å². The van der Waals surface area contributed by atoms with Crippen molar-refractivity contribution >= 4 is 40.7 Å². The maximum absolute atomic E-state index is 12.4. The molecule has 0 bridgehead atoms. The molecule has 1 aromatic heterocycles. The van der Waals surface area contributed by atoms with Gasteiger partial charge in [0.25, 0.3) is 5.91 Å². The smallest absolute Gasteiger partial charge is 0.253 e. The van der Waals surface area contributed by atoms with Gasteiger partial charge in [-0.15, -0.1) is 0 Å². The average molecular weight is 446 g/mol. The fourth-order valence-corrected chi connectivity index (χ4v) is 3.26. The molecule has 2 aromatic carbocycles. The lowest BCUT2D eigenvalue weighted by Gasteiger charge is -2.13. The van der Waals surface area contributed by atoms with Crippen molar-refractivity contribution in [1.82, 2.24) is 10.6 Å². The van der Waals surface area contributed by atoms with Crippen molar-refractivity contribution in [3.63, 3.8) is 0 Å². The van der Waals surface area contributed by atoms with E-state index in [1.165, 1.54) is 0 Å². The number of carbonyl (C=O) groups excluding carboxylic acids is 2. The number of hydrogen-bond donors (Lipinski definition) is 3. The summed E-state index contributed by atoms with van der Waals surface area (Å²) in [5, 5.41) is 9.51. The van der Waals surface area contributed by atoms with Gasteiger partial charge in [-0.2, -0.15) is 0 Å². The van der Waals surface area contributed by atoms with E-state index in [-0.39, 0.29) is 24.4 Å². The Morgan fingerprint density at radius 3 is 2.60 bits per heavy atom. The maximum Gasteiger partial charge on any atom is 0.253 e. The van der Waals surface area contributed by atoms with E-state index in [9.17, 15) is 9.59 Å². The molecule has 156 valence electrons. The maximum atomic E-state index is 12.4. The van der Waals surface area contributed by atoms with Crippen molar-refractivity contribution in [2.24, 2.45) is 0 Å². The van der Waals surface area contributed by atoms with Gasteiger partial charge < -0.3 is 15.1 Å². The summed E-state index contributed by atoms with van der Waals surface area (Å²) >= 11 is 12.3. The molecule has 3 rings (SSSR count). The molecule has 3 aromatic rings. The number of furan rings is 1. The third kappa shape index (κ3) is 5.21. The van der Waals surface area contributed by atoms with Crippen LogP contribution in [-0.2, 0) is 4.79 Å². The van der Waals surface area contributed by atoms with Crippen LogP contribution in [0.3, 0.4) is 0 Å². The van der Waals surface area contributed by atoms with Crippen LogP contribution in [0.1, 0.15) is 29.1 Å². The van der Waals surface area contributed by atoms with Crippen LogP contribution in [0, 0.1) is 0 Å². The second kappa shape index (κ2) is 9.80. The van der Waals surface area contributed by atoms with Gasteiger partial charge in [0.2, 0.25) is 5.91 Å². The van der Waals surface area contributed by atoms with Crippen molar-refractivity contribution < 1.29 is 14.0 Å². The number of anilines is 1. The predicted molar refractivity (Wildman–Crippen MR) is 119 cm³/mol. The Bertz CT molecular complexity index is 1070. The van der Waals surface area contributed by atoms with Crippen molar-refractivity contribution in [3.05, 3.63) is 76.0 Å². The lowest BCUT2D eigenvalue weighted by atomic mass is 10.1. The summed E-state index contributed by atoms with van der Waals surface area (Å²) in [6.07, 6.45) is 0. The molecule has 0 aliphatic carbocycles. The third-order valence-electron chi connectivity index (χ3n) is 4.49. The first-order valence-electron chi connectivity index (χ1n) is 9.28. The molecule has 6 nitrogen and oxygen atoms in total. The molecule has 0 saturated heterocycles. The molecule has 1 heterocycles. The number of para-hydroxylation sites is 1. The Kier molecular flexibility index (Phi) is 7.15. The Balaban J connectivity index is 1.62. The quantitative estimate of drug-likeness (QED) is 0.482. The highest BCUT2D eigenvalue weighted by atomic mass is 35.5. The molecule has 3 N–H and O–H groups in total. The lowest BCUT2D eigenvalue weighted by Crippen LogP contribution is -2.31. The summed E-state index contributed by atoms with van der Waals surface area (Å²) in [4.78, 5) is 24.3. The van der Waals surface area contributed by atoms with Crippen molar-refractivity contribution in [3.8, 4) is 11.3 Å². The predicted octanol–water partition coefficient (Wildman–Crippen LogP) is 4.90. The Labute approximate surface area is 184 Å². The van der Waals surface area contributed by atoms with E-state index in [1.54, 1.807) is 49.5 Å². The molecule has 2 amide bonds. The summed E-state index contributed by atoms with van der Waals surface area (Å²) < 4.78 is 5.89. The van der Waals surface area contributed by atoms with E-state index < -0.39 is 0 Å². The zero-order valence-corrected chi connectivity index (χ0v) is 18.0. The van der Waals surface area contributed by atoms with Crippen LogP contribution in [0.5, 0.6) is 0 Å². The van der Waals surface area contributed by atoms with E-state index in [4.69, 9.17) is 27.6 Å². The van der Waals surface area contributed by atoms with Crippen molar-refractivity contribution in [2.45, 2.75) is 13.0 Å². The number of hydrogen-bond acceptors (Lipinski definition) is 4. The Morgan fingerprint density at radius 2 is 1.83 bits per heavy atom. The number of amides is 2. The van der Waals surface area contributed by atoms with Gasteiger partial charge in [0.1, 0.15) is 11.5 Å². The van der Waals surface area contributed by atoms with Crippen LogP contribution in [0.4, 0.5) is 5.69 Å². The molecule has 0 radical (unpaired) electrons. The van der Waals surface area contributed by atoms with Crippen LogP contribution in [0.25, 0.3) is 11.3 Å². The first kappa shape index (κ1) is 21.9. The minimum atomic E-state index is -0.275. The number of rotatable bonds is 7. The number of halogens is 2. The summed E-state index contributed by atoms with van der Waals surface area (Å²) in [5.41, 5.74) is 1.55. The van der Waals surface area contributed by atoms with Gasteiger partial charge in [0, 0.05) is 17.6 Å². The van der Waals surface area contributed by atoms with Gasteiger partial charge in [-0.3, -0.25) is 14.9 Å². The topological polar surface area (TPSA) is 83.4 Å². The Morgan fingerprint density at radius 1 is 1.07 bits per heavy atom. The fourth-order valence-electron chi connectivity index (χ4n) is 2.88. The molecule has 0 fully saturated rings. The zero-order chi connectivity index (χ0) is 21.7. The highest BCUT2D eigenvalue weighted by Crippen LogP contribution is 2.33. The van der Waals surface area contributed by atoms with E-state index in [1.807, 2.05) is 19.1 Å². The monoisotopic (exact) mass is 445 g/mol. The average Bonchev–Trinajstić information content (AvgIpc) is 3.23. The van der Waals surface area contributed by atoms with E-state index in [0.29, 0.717) is 38.4 Å². The molecule has 1 atom stereocenters. The van der Waals surface area contributed by atoms with E-state index in [0.717, 1.165) is 0 Å². The summed E-state index contributed by atoms with van der Waals surface area (Å²) in [7, 11) is 1.54. The number of carbonyl (C=O) groups is 2. The second-order valence-corrected chi connectivity index (χ2v) is 7.45. The van der Waals surface area contributed by atoms with Gasteiger partial charge in [-0.05, 0) is 49.4 Å². The molecule has 0 saturated carbocycles. The van der Waals surface area contributed by atoms with Gasteiger partial charge in [-0.1, -0.05) is 35.3 Å². The van der Waals surface area contributed by atoms with Crippen molar-refractivity contribution in [1.29, 1.82) is 0 Å². The highest BCUT2D eigenvalue weighted by Gasteiger charge is 2.16. The standard InChI is InChI=1S/C22H21Cl2N3O3/c1-13(19-9-10-20(30-19)16-11-14(23)7-8-17(16)24)26-12-21(28)27-18-6-4-3-5-15(18)22(29)25-2/h3-11,13,26H,12H2,1-2H3,(H,25,29)(H,27,28). The third-order valence-corrected chi connectivity index (χ3v) is 5.05. The van der Waals surface area contributed by atoms with Crippen LogP contribution in [0.2, 0.25) is 10.0 Å². The summed E-state index contributed by atoms with van der Waals surface area (Å²) in [6, 6.07) is 15.4. The lowest BCUT2D eigenvalue weighted by molar-refractivity contribution is -0.115. The Hall–Kier alpha value is -2.80. The van der Waals surface area contributed by atoms with Crippen LogP contribution in [-0.4, -0.2) is 25.4 Å². The van der Waals surface area contributed by atoms with Crippen LogP contribution in [0.15, 0.2) is 59.0 Å². The SMILES string of the molecule is CNC(=O)c1ccccc1NC(=O)CNC(C)c1ccc(-c2cc(Cl)ccc2Cl)o1. The van der Waals surface area contributed by atoms with Crippen molar-refractivity contribution in [2.75, 3.05) is 18.9 Å². The molecule has 1 unspecified atom stereocenters. The largest absolute Gasteiger partial charge is 0.459 e. The van der Waals surface area contributed by atoms with E-state index >= 15 is 0 Å². The highest BCUT2D eigenvalue weighted by molar-refractivity contribution is 6.35. The molecular formula is C22H21Cl2N3O3. The summed E-state index contributed by atoms with van der Waals surface area (Å²) in [5.74, 6) is 0.701. The minimum absolute atomic E-state index is 0.0389. The fraction of sp³-hybridized carbons (Fsp3) is 0.182. The second-order valence-electron chi connectivity index (χ2n) is 6.60. The van der Waals surface area contributed by atoms with Crippen LogP contribution < -0.4 is 16.0 Å². The normalized spacial score (nSPS) is 11.7. The van der Waals surface area contributed by atoms with Gasteiger partial charge in [-0.25, -0.2) is 0 Å². The minimum Gasteiger partial charge on any atom is -0.459 e. The number of nitrogens with one attached hydrogen (secondary N) is 3. The first-order chi connectivity index (χ1) is 14.4. The zero-order valence-electron chi connectivity index (χ0n) is 16.5. The van der Waals surface area contributed by atoms with Gasteiger partial charge >= 0.3 is 0 Å². The first-order valence-corrected chi connectivity index (χ1v) is 10.0. The van der Waals surface area contributed by atoms with E-state index in [2.05, 4.69) is 16.0 Å².